The average Bonchev–Trinajstić information content (AvgIpc) is 2.29. The number of hydroxylamine groups is 1. The highest BCUT2D eigenvalue weighted by atomic mass is 16.6. The van der Waals surface area contributed by atoms with Crippen LogP contribution in [-0.2, 0) is 14.4 Å². The highest BCUT2D eigenvalue weighted by Crippen LogP contribution is 2.09. The molecule has 0 bridgehead atoms. The van der Waals surface area contributed by atoms with Crippen LogP contribution in [0.25, 0.3) is 0 Å². The van der Waals surface area contributed by atoms with E-state index in [1.807, 2.05) is 0 Å². The molecular formula is C10H18N2O3. The fourth-order valence-electron chi connectivity index (χ4n) is 1.53. The van der Waals surface area contributed by atoms with Gasteiger partial charge in [0.1, 0.15) is 6.04 Å². The molecule has 0 spiro atoms. The molecule has 2 N–H and O–H groups in total. The van der Waals surface area contributed by atoms with Crippen LogP contribution < -0.4 is 10.8 Å². The van der Waals surface area contributed by atoms with E-state index in [0.29, 0.717) is 13.2 Å². The van der Waals surface area contributed by atoms with Crippen LogP contribution in [0.4, 0.5) is 0 Å². The number of carbonyl (C=O) groups excluding carboxylic acids is 1. The van der Waals surface area contributed by atoms with Gasteiger partial charge >= 0.3 is 5.97 Å². The molecule has 0 saturated carbocycles. The molecular weight excluding hydrogens is 196 g/mol. The number of methoxy groups -OCH3 is 1. The number of esters is 1. The van der Waals surface area contributed by atoms with Crippen molar-refractivity contribution >= 4 is 5.97 Å². The van der Waals surface area contributed by atoms with Crippen molar-refractivity contribution in [2.24, 2.45) is 0 Å². The Labute approximate surface area is 89.8 Å². The highest BCUT2D eigenvalue weighted by molar-refractivity contribution is 5.75. The molecule has 0 amide bonds. The number of nitrogens with one attached hydrogen (secondary N) is 2. The quantitative estimate of drug-likeness (QED) is 0.292. The van der Waals surface area contributed by atoms with Gasteiger partial charge in [-0.2, -0.15) is 5.48 Å². The molecule has 2 atom stereocenters. The highest BCUT2D eigenvalue weighted by Gasteiger charge is 2.25. The third kappa shape index (κ3) is 3.99. The molecule has 15 heavy (non-hydrogen) atoms. The molecule has 1 unspecified atom stereocenters. The van der Waals surface area contributed by atoms with Gasteiger partial charge in [0, 0.05) is 12.6 Å². The monoisotopic (exact) mass is 214 g/mol. The maximum Gasteiger partial charge on any atom is 0.322 e. The molecule has 1 aliphatic rings. The van der Waals surface area contributed by atoms with E-state index in [-0.39, 0.29) is 18.1 Å². The van der Waals surface area contributed by atoms with Gasteiger partial charge < -0.3 is 10.1 Å². The fraction of sp³-hybridized carbons (Fsp3) is 0.700. The minimum absolute atomic E-state index is 0.174. The maximum atomic E-state index is 11.2. The first kappa shape index (κ1) is 12.2. The number of hydrogen-bond donors (Lipinski definition) is 2. The number of hydrogen-bond acceptors (Lipinski definition) is 5. The second kappa shape index (κ2) is 6.55. The summed E-state index contributed by atoms with van der Waals surface area (Å²) in [5.74, 6) is -0.194. The lowest BCUT2D eigenvalue weighted by molar-refractivity contribution is -0.144. The Balaban J connectivity index is 2.17. The van der Waals surface area contributed by atoms with Crippen LogP contribution in [0, 0.1) is 0 Å². The third-order valence-electron chi connectivity index (χ3n) is 2.35. The Kier molecular flexibility index (Phi) is 5.31. The van der Waals surface area contributed by atoms with Crippen LogP contribution in [0.15, 0.2) is 12.7 Å². The lowest BCUT2D eigenvalue weighted by Crippen LogP contribution is -2.50. The molecule has 86 valence electrons. The van der Waals surface area contributed by atoms with E-state index in [4.69, 9.17) is 4.84 Å². The largest absolute Gasteiger partial charge is 0.468 e. The van der Waals surface area contributed by atoms with Crippen molar-refractivity contribution < 1.29 is 14.4 Å². The summed E-state index contributed by atoms with van der Waals surface area (Å²) >= 11 is 0. The van der Waals surface area contributed by atoms with E-state index >= 15 is 0 Å². The number of rotatable bonds is 5. The molecule has 1 heterocycles. The van der Waals surface area contributed by atoms with Crippen LogP contribution in [0.1, 0.15) is 12.8 Å². The van der Waals surface area contributed by atoms with Crippen molar-refractivity contribution in [2.45, 2.75) is 24.9 Å². The van der Waals surface area contributed by atoms with E-state index in [2.05, 4.69) is 22.1 Å². The van der Waals surface area contributed by atoms with Crippen molar-refractivity contribution in [1.29, 1.82) is 0 Å². The third-order valence-corrected chi connectivity index (χ3v) is 2.35. The normalized spacial score (nSPS) is 25.9. The Morgan fingerprint density at radius 2 is 2.47 bits per heavy atom. The van der Waals surface area contributed by atoms with Crippen molar-refractivity contribution in [3.63, 3.8) is 0 Å². The fourth-order valence-corrected chi connectivity index (χ4v) is 1.53. The van der Waals surface area contributed by atoms with E-state index < -0.39 is 0 Å². The second-order valence-electron chi connectivity index (χ2n) is 3.48. The van der Waals surface area contributed by atoms with Gasteiger partial charge in [0.05, 0.1) is 13.7 Å². The summed E-state index contributed by atoms with van der Waals surface area (Å²) in [5.41, 5.74) is 2.91. The Bertz CT molecular complexity index is 213. The molecule has 0 aromatic rings. The van der Waals surface area contributed by atoms with E-state index in [9.17, 15) is 4.79 Å². The first-order valence-corrected chi connectivity index (χ1v) is 5.07. The van der Waals surface area contributed by atoms with Crippen molar-refractivity contribution in [1.82, 2.24) is 10.8 Å². The molecule has 0 aromatic carbocycles. The summed E-state index contributed by atoms with van der Waals surface area (Å²) in [5, 5.41) is 3.10. The molecule has 1 saturated heterocycles. The summed E-state index contributed by atoms with van der Waals surface area (Å²) in [4.78, 5) is 16.3. The van der Waals surface area contributed by atoms with Crippen LogP contribution in [0.2, 0.25) is 0 Å². The van der Waals surface area contributed by atoms with Gasteiger partial charge in [0.25, 0.3) is 0 Å². The molecule has 1 aliphatic heterocycles. The zero-order valence-corrected chi connectivity index (χ0v) is 8.99. The molecule has 5 nitrogen and oxygen atoms in total. The van der Waals surface area contributed by atoms with Crippen LogP contribution in [0.3, 0.4) is 0 Å². The van der Waals surface area contributed by atoms with Crippen molar-refractivity contribution in [3.8, 4) is 0 Å². The van der Waals surface area contributed by atoms with Crippen molar-refractivity contribution in [2.75, 3.05) is 20.3 Å². The molecule has 1 rings (SSSR count). The standard InChI is InChI=1S/C10H18N2O3/c1-3-6-15-12-8-4-5-9(11-7-8)10(13)14-2/h3,8-9,11-12H,1,4-7H2,2H3/t8?,9-/m0/s1. The van der Waals surface area contributed by atoms with Gasteiger partial charge in [0.2, 0.25) is 0 Å². The molecule has 0 radical (unpaired) electrons. The second-order valence-corrected chi connectivity index (χ2v) is 3.48. The Hall–Kier alpha value is -0.910. The number of carbonyl (C=O) groups is 1. The first-order valence-electron chi connectivity index (χ1n) is 5.07. The summed E-state index contributed by atoms with van der Waals surface area (Å²) in [7, 11) is 1.40. The van der Waals surface area contributed by atoms with E-state index in [1.165, 1.54) is 7.11 Å². The number of piperidine rings is 1. The van der Waals surface area contributed by atoms with Gasteiger partial charge in [-0.3, -0.25) is 9.63 Å². The van der Waals surface area contributed by atoms with Crippen LogP contribution in [-0.4, -0.2) is 38.3 Å². The summed E-state index contributed by atoms with van der Waals surface area (Å²) in [6.45, 7) is 4.74. The SMILES string of the molecule is C=CCONC1CC[C@@H](C(=O)OC)NC1. The van der Waals surface area contributed by atoms with Gasteiger partial charge in [-0.25, -0.2) is 0 Å². The summed E-state index contributed by atoms with van der Waals surface area (Å²) < 4.78 is 4.66. The zero-order valence-electron chi connectivity index (χ0n) is 8.99. The molecule has 0 aromatic heterocycles. The lowest BCUT2D eigenvalue weighted by atomic mass is 10.0. The van der Waals surface area contributed by atoms with Crippen molar-refractivity contribution in [3.05, 3.63) is 12.7 Å². The molecule has 1 fully saturated rings. The van der Waals surface area contributed by atoms with E-state index in [0.717, 1.165) is 12.8 Å². The lowest BCUT2D eigenvalue weighted by Gasteiger charge is -2.28. The van der Waals surface area contributed by atoms with Crippen LogP contribution >= 0.6 is 0 Å². The van der Waals surface area contributed by atoms with Gasteiger partial charge in [-0.05, 0) is 12.8 Å². The van der Waals surface area contributed by atoms with Gasteiger partial charge in [-0.1, -0.05) is 6.08 Å². The minimum atomic E-state index is -0.194. The summed E-state index contributed by atoms with van der Waals surface area (Å²) in [6, 6.07) is 0.0679. The smallest absolute Gasteiger partial charge is 0.322 e. The minimum Gasteiger partial charge on any atom is -0.468 e. The summed E-state index contributed by atoms with van der Waals surface area (Å²) in [6.07, 6.45) is 3.34. The van der Waals surface area contributed by atoms with E-state index in [1.54, 1.807) is 6.08 Å². The van der Waals surface area contributed by atoms with Gasteiger partial charge in [-0.15, -0.1) is 6.58 Å². The maximum absolute atomic E-state index is 11.2. The first-order chi connectivity index (χ1) is 7.27. The number of ether oxygens (including phenoxy) is 1. The molecule has 5 heteroatoms. The predicted octanol–water partition coefficient (Wildman–Crippen LogP) is -0.0128. The van der Waals surface area contributed by atoms with Gasteiger partial charge in [0.15, 0.2) is 0 Å². The zero-order chi connectivity index (χ0) is 11.1. The average molecular weight is 214 g/mol. The van der Waals surface area contributed by atoms with Crippen LogP contribution in [0.5, 0.6) is 0 Å². The Morgan fingerprint density at radius 3 is 3.00 bits per heavy atom. The topological polar surface area (TPSA) is 59.6 Å². The molecule has 0 aliphatic carbocycles. The predicted molar refractivity (Wildman–Crippen MR) is 56.1 cm³/mol. The Morgan fingerprint density at radius 1 is 1.67 bits per heavy atom.